The van der Waals surface area contributed by atoms with E-state index >= 15 is 0 Å². The zero-order valence-corrected chi connectivity index (χ0v) is 25.3. The summed E-state index contributed by atoms with van der Waals surface area (Å²) in [5.41, 5.74) is 2.24. The molecule has 3 saturated carbocycles. The Labute approximate surface area is 237 Å². The molecule has 3 fully saturated rings. The molecule has 0 radical (unpaired) electrons. The van der Waals surface area contributed by atoms with Crippen molar-refractivity contribution in [2.75, 3.05) is 6.54 Å². The number of rotatable bonds is 12. The third-order valence-electron chi connectivity index (χ3n) is 11.9. The SMILES string of the molecule is CCCCCCCCn1cc(CNC[C@](C)(O)[C@H]2CC[C@H]3[C@@H]4CC=C5C[C@@H](O)CC[C@]5(C)[C@H]4CC[C@@]32C)nn1. The van der Waals surface area contributed by atoms with Gasteiger partial charge in [-0.1, -0.05) is 69.7 Å². The van der Waals surface area contributed by atoms with Crippen molar-refractivity contribution < 1.29 is 10.2 Å². The second-order valence-corrected chi connectivity index (χ2v) is 14.5. The molecule has 220 valence electrons. The summed E-state index contributed by atoms with van der Waals surface area (Å²) in [4.78, 5) is 0. The molecule has 0 unspecified atom stereocenters. The molecule has 4 aliphatic rings. The van der Waals surface area contributed by atoms with Crippen LogP contribution in [0.3, 0.4) is 0 Å². The first-order chi connectivity index (χ1) is 18.7. The zero-order chi connectivity index (χ0) is 27.7. The maximum Gasteiger partial charge on any atom is 0.0964 e. The number of aliphatic hydroxyl groups excluding tert-OH is 1. The Bertz CT molecular complexity index is 988. The number of aliphatic hydroxyl groups is 2. The third-order valence-corrected chi connectivity index (χ3v) is 11.9. The molecule has 6 nitrogen and oxygen atoms in total. The quantitative estimate of drug-likeness (QED) is 0.210. The van der Waals surface area contributed by atoms with Gasteiger partial charge in [0.2, 0.25) is 0 Å². The molecule has 5 rings (SSSR count). The van der Waals surface area contributed by atoms with E-state index in [1.165, 1.54) is 57.8 Å². The van der Waals surface area contributed by atoms with E-state index in [0.29, 0.717) is 24.9 Å². The Morgan fingerprint density at radius 3 is 2.67 bits per heavy atom. The number of fused-ring (bicyclic) bond motifs is 5. The largest absolute Gasteiger partial charge is 0.393 e. The molecular formula is C33H56N4O2. The molecule has 4 aliphatic carbocycles. The number of hydrogen-bond acceptors (Lipinski definition) is 5. The van der Waals surface area contributed by atoms with Crippen molar-refractivity contribution in [3.05, 3.63) is 23.5 Å². The van der Waals surface area contributed by atoms with Gasteiger partial charge in [-0.2, -0.15) is 0 Å². The lowest BCUT2D eigenvalue weighted by atomic mass is 9.47. The molecule has 0 bridgehead atoms. The summed E-state index contributed by atoms with van der Waals surface area (Å²) in [5, 5.41) is 34.4. The topological polar surface area (TPSA) is 83.2 Å². The first-order valence-corrected chi connectivity index (χ1v) is 16.4. The molecule has 0 spiro atoms. The third kappa shape index (κ3) is 5.90. The molecular weight excluding hydrogens is 484 g/mol. The van der Waals surface area contributed by atoms with Gasteiger partial charge in [-0.05, 0) is 99.2 Å². The Kier molecular flexibility index (Phi) is 8.95. The van der Waals surface area contributed by atoms with E-state index in [2.05, 4.69) is 55.6 Å². The zero-order valence-electron chi connectivity index (χ0n) is 25.3. The number of aryl methyl sites for hydroxylation is 1. The van der Waals surface area contributed by atoms with Gasteiger partial charge in [0.1, 0.15) is 0 Å². The number of hydrogen-bond donors (Lipinski definition) is 3. The second kappa shape index (κ2) is 11.9. The summed E-state index contributed by atoms with van der Waals surface area (Å²) in [6.45, 7) is 11.5. The Morgan fingerprint density at radius 1 is 1.05 bits per heavy atom. The molecule has 8 atom stereocenters. The summed E-state index contributed by atoms with van der Waals surface area (Å²) in [7, 11) is 0. The molecule has 1 aromatic heterocycles. The van der Waals surface area contributed by atoms with E-state index in [0.717, 1.165) is 56.2 Å². The van der Waals surface area contributed by atoms with Crippen LogP contribution in [0.25, 0.3) is 0 Å². The van der Waals surface area contributed by atoms with Gasteiger partial charge in [0.15, 0.2) is 0 Å². The smallest absolute Gasteiger partial charge is 0.0964 e. The molecule has 39 heavy (non-hydrogen) atoms. The first-order valence-electron chi connectivity index (χ1n) is 16.4. The highest BCUT2D eigenvalue weighted by atomic mass is 16.3. The highest BCUT2D eigenvalue weighted by molar-refractivity contribution is 5.25. The highest BCUT2D eigenvalue weighted by Gasteiger charge is 2.61. The fourth-order valence-electron chi connectivity index (χ4n) is 9.81. The van der Waals surface area contributed by atoms with Gasteiger partial charge in [0.05, 0.1) is 17.4 Å². The van der Waals surface area contributed by atoms with Crippen molar-refractivity contribution in [2.45, 2.75) is 142 Å². The number of nitrogens with zero attached hydrogens (tertiary/aromatic N) is 3. The summed E-state index contributed by atoms with van der Waals surface area (Å²) >= 11 is 0. The van der Waals surface area contributed by atoms with Gasteiger partial charge >= 0.3 is 0 Å². The Balaban J connectivity index is 1.14. The van der Waals surface area contributed by atoms with Gasteiger partial charge < -0.3 is 15.5 Å². The van der Waals surface area contributed by atoms with E-state index in [-0.39, 0.29) is 16.9 Å². The number of allylic oxidation sites excluding steroid dienone is 1. The van der Waals surface area contributed by atoms with Gasteiger partial charge in [0.25, 0.3) is 0 Å². The molecule has 6 heteroatoms. The van der Waals surface area contributed by atoms with Crippen LogP contribution in [0.5, 0.6) is 0 Å². The van der Waals surface area contributed by atoms with Gasteiger partial charge in [0, 0.05) is 25.8 Å². The minimum Gasteiger partial charge on any atom is -0.393 e. The monoisotopic (exact) mass is 540 g/mol. The van der Waals surface area contributed by atoms with Crippen LogP contribution >= 0.6 is 0 Å². The molecule has 1 aromatic rings. The lowest BCUT2D eigenvalue weighted by Gasteiger charge is -2.59. The number of aromatic nitrogens is 3. The molecule has 0 amide bonds. The van der Waals surface area contributed by atoms with Crippen LogP contribution in [0.2, 0.25) is 0 Å². The lowest BCUT2D eigenvalue weighted by molar-refractivity contribution is -0.101. The summed E-state index contributed by atoms with van der Waals surface area (Å²) < 4.78 is 1.98. The fraction of sp³-hybridized carbons (Fsp3) is 0.879. The first kappa shape index (κ1) is 29.3. The van der Waals surface area contributed by atoms with Crippen molar-refractivity contribution in [1.29, 1.82) is 0 Å². The minimum atomic E-state index is -0.737. The van der Waals surface area contributed by atoms with Crippen LogP contribution in [-0.2, 0) is 13.1 Å². The number of nitrogens with one attached hydrogen (secondary N) is 1. The van der Waals surface area contributed by atoms with Crippen molar-refractivity contribution in [3.8, 4) is 0 Å². The predicted molar refractivity (Wildman–Crippen MR) is 157 cm³/mol. The fourth-order valence-corrected chi connectivity index (χ4v) is 9.81. The van der Waals surface area contributed by atoms with Crippen LogP contribution in [0.4, 0.5) is 0 Å². The van der Waals surface area contributed by atoms with E-state index in [9.17, 15) is 10.2 Å². The van der Waals surface area contributed by atoms with Gasteiger partial charge in [-0.3, -0.25) is 4.68 Å². The maximum atomic E-state index is 11.8. The molecule has 0 saturated heterocycles. The maximum absolute atomic E-state index is 11.8. The Hall–Kier alpha value is -1.24. The van der Waals surface area contributed by atoms with Crippen LogP contribution in [0.15, 0.2) is 17.8 Å². The van der Waals surface area contributed by atoms with E-state index < -0.39 is 5.60 Å². The van der Waals surface area contributed by atoms with Crippen molar-refractivity contribution in [2.24, 2.45) is 34.5 Å². The van der Waals surface area contributed by atoms with E-state index in [1.54, 1.807) is 5.57 Å². The van der Waals surface area contributed by atoms with Gasteiger partial charge in [-0.25, -0.2) is 0 Å². The number of unbranched alkanes of at least 4 members (excludes halogenated alkanes) is 5. The lowest BCUT2D eigenvalue weighted by Crippen LogP contribution is -2.54. The van der Waals surface area contributed by atoms with Crippen molar-refractivity contribution >= 4 is 0 Å². The van der Waals surface area contributed by atoms with Crippen molar-refractivity contribution in [1.82, 2.24) is 20.3 Å². The molecule has 0 aromatic carbocycles. The average Bonchev–Trinajstić information content (AvgIpc) is 3.50. The Morgan fingerprint density at radius 2 is 1.85 bits per heavy atom. The van der Waals surface area contributed by atoms with Crippen LogP contribution in [-0.4, -0.2) is 43.5 Å². The van der Waals surface area contributed by atoms with Crippen LogP contribution < -0.4 is 5.32 Å². The van der Waals surface area contributed by atoms with Gasteiger partial charge in [-0.15, -0.1) is 5.10 Å². The van der Waals surface area contributed by atoms with Crippen LogP contribution in [0, 0.1) is 34.5 Å². The van der Waals surface area contributed by atoms with Crippen molar-refractivity contribution in [3.63, 3.8) is 0 Å². The standard InChI is InChI=1S/C33H56N4O2/c1-5-6-7-8-9-10-19-37-22-25(35-36-37)21-34-23-33(4,39)30-14-13-28-27-12-11-24-20-26(38)15-17-31(24,2)29(27)16-18-32(28,30)3/h11,22,26-30,34,38-39H,5-10,12-21,23H2,1-4H3/t26-,27-,28-,29-,30-,31-,32-,33-/m0/s1. The summed E-state index contributed by atoms with van der Waals surface area (Å²) in [5.74, 6) is 2.47. The summed E-state index contributed by atoms with van der Waals surface area (Å²) in [6, 6.07) is 0. The molecule has 0 aliphatic heterocycles. The highest BCUT2D eigenvalue weighted by Crippen LogP contribution is 2.67. The molecule has 1 heterocycles. The van der Waals surface area contributed by atoms with E-state index in [4.69, 9.17) is 0 Å². The molecule has 3 N–H and O–H groups in total. The second-order valence-electron chi connectivity index (χ2n) is 14.5. The summed E-state index contributed by atoms with van der Waals surface area (Å²) in [6.07, 6.45) is 21.2. The normalized spacial score (nSPS) is 37.5. The average molecular weight is 541 g/mol. The van der Waals surface area contributed by atoms with Crippen LogP contribution in [0.1, 0.15) is 123 Å². The predicted octanol–water partition coefficient (Wildman–Crippen LogP) is 6.42. The minimum absolute atomic E-state index is 0.141. The van der Waals surface area contributed by atoms with E-state index in [1.807, 2.05) is 4.68 Å².